The molecule has 1 aliphatic heterocycles. The van der Waals surface area contributed by atoms with Crippen LogP contribution in [0.1, 0.15) is 36.2 Å². The second-order valence-electron chi connectivity index (χ2n) is 8.34. The van der Waals surface area contributed by atoms with Crippen LogP contribution < -0.4 is 9.64 Å². The Morgan fingerprint density at radius 3 is 2.69 bits per heavy atom. The lowest BCUT2D eigenvalue weighted by molar-refractivity contribution is -0.117. The average Bonchev–Trinajstić information content (AvgIpc) is 3.35. The number of amides is 1. The van der Waals surface area contributed by atoms with E-state index in [9.17, 15) is 4.79 Å². The number of hydrogen-bond acceptors (Lipinski definition) is 3. The molecule has 5 nitrogen and oxygen atoms in total. The van der Waals surface area contributed by atoms with Gasteiger partial charge in [-0.15, -0.1) is 0 Å². The Kier molecular flexibility index (Phi) is 5.39. The van der Waals surface area contributed by atoms with Crippen molar-refractivity contribution in [2.24, 2.45) is 0 Å². The zero-order chi connectivity index (χ0) is 22.1. The number of ether oxygens (including phenoxy) is 1. The number of benzene rings is 3. The molecule has 5 rings (SSSR count). The second-order valence-corrected chi connectivity index (χ2v) is 8.34. The van der Waals surface area contributed by atoms with Gasteiger partial charge in [0.05, 0.1) is 23.3 Å². The number of aromatic nitrogens is 2. The van der Waals surface area contributed by atoms with Crippen LogP contribution in [0.2, 0.25) is 0 Å². The van der Waals surface area contributed by atoms with Crippen LogP contribution in [-0.2, 0) is 11.3 Å². The number of aryl methyl sites for hydroxylation is 1. The third-order valence-corrected chi connectivity index (χ3v) is 6.05. The number of carbonyl (C=O) groups excluding carboxylic acids is 1. The minimum Gasteiger partial charge on any atom is -0.492 e. The zero-order valence-corrected chi connectivity index (χ0v) is 18.5. The van der Waals surface area contributed by atoms with Gasteiger partial charge in [0.1, 0.15) is 11.6 Å². The summed E-state index contributed by atoms with van der Waals surface area (Å²) in [7, 11) is 0. The summed E-state index contributed by atoms with van der Waals surface area (Å²) in [4.78, 5) is 19.9. The lowest BCUT2D eigenvalue weighted by Gasteiger charge is -2.20. The number of rotatable bonds is 6. The molecule has 1 fully saturated rings. The molecule has 5 heteroatoms. The largest absolute Gasteiger partial charge is 0.492 e. The van der Waals surface area contributed by atoms with Crippen LogP contribution in [0.3, 0.4) is 0 Å². The zero-order valence-electron chi connectivity index (χ0n) is 18.5. The molecule has 0 radical (unpaired) electrons. The summed E-state index contributed by atoms with van der Waals surface area (Å²) in [5.74, 6) is 1.85. The lowest BCUT2D eigenvalue weighted by Crippen LogP contribution is -2.25. The van der Waals surface area contributed by atoms with E-state index in [-0.39, 0.29) is 11.8 Å². The minimum absolute atomic E-state index is 0.0226. The summed E-state index contributed by atoms with van der Waals surface area (Å²) in [6, 6.07) is 24.6. The Bertz CT molecular complexity index is 1280. The van der Waals surface area contributed by atoms with Crippen molar-refractivity contribution in [3.8, 4) is 5.75 Å². The van der Waals surface area contributed by atoms with E-state index in [2.05, 4.69) is 41.8 Å². The van der Waals surface area contributed by atoms with Crippen LogP contribution in [-0.4, -0.2) is 28.6 Å². The van der Waals surface area contributed by atoms with Gasteiger partial charge in [-0.2, -0.15) is 0 Å². The Balaban J connectivity index is 1.52. The number of nitrogens with zero attached hydrogens (tertiary/aromatic N) is 3. The molecule has 1 aromatic heterocycles. The van der Waals surface area contributed by atoms with Crippen molar-refractivity contribution in [3.05, 3.63) is 89.7 Å². The molecule has 3 aromatic carbocycles. The Hall–Kier alpha value is -3.60. The summed E-state index contributed by atoms with van der Waals surface area (Å²) in [5.41, 5.74) is 5.38. The molecule has 32 heavy (non-hydrogen) atoms. The molecule has 4 aromatic rings. The number of fused-ring (bicyclic) bond motifs is 1. The van der Waals surface area contributed by atoms with Crippen LogP contribution in [0, 0.1) is 6.92 Å². The summed E-state index contributed by atoms with van der Waals surface area (Å²) in [6.45, 7) is 5.96. The van der Waals surface area contributed by atoms with Gasteiger partial charge in [0.2, 0.25) is 5.91 Å². The summed E-state index contributed by atoms with van der Waals surface area (Å²) >= 11 is 0. The number of hydrogen-bond donors (Lipinski definition) is 0. The van der Waals surface area contributed by atoms with E-state index in [0.717, 1.165) is 34.8 Å². The molecule has 1 atom stereocenters. The van der Waals surface area contributed by atoms with E-state index >= 15 is 0 Å². The summed E-state index contributed by atoms with van der Waals surface area (Å²) in [6.07, 6.45) is 0.442. The van der Waals surface area contributed by atoms with Gasteiger partial charge in [0.15, 0.2) is 0 Å². The van der Waals surface area contributed by atoms with Crippen LogP contribution in [0.5, 0.6) is 5.75 Å². The number of anilines is 1. The molecule has 1 amide bonds. The number of carbonyl (C=O) groups is 1. The molecule has 1 saturated heterocycles. The summed E-state index contributed by atoms with van der Waals surface area (Å²) < 4.78 is 8.06. The molecule has 0 bridgehead atoms. The van der Waals surface area contributed by atoms with Crippen molar-refractivity contribution in [1.82, 2.24) is 9.55 Å². The third-order valence-electron chi connectivity index (χ3n) is 6.05. The first-order valence-corrected chi connectivity index (χ1v) is 11.2. The third kappa shape index (κ3) is 3.75. The molecule has 0 aliphatic carbocycles. The normalized spacial score (nSPS) is 16.1. The highest BCUT2D eigenvalue weighted by molar-refractivity contribution is 5.97. The van der Waals surface area contributed by atoms with Crippen molar-refractivity contribution in [3.63, 3.8) is 0 Å². The van der Waals surface area contributed by atoms with Crippen molar-refractivity contribution in [2.45, 2.75) is 32.7 Å². The Morgan fingerprint density at radius 2 is 1.84 bits per heavy atom. The van der Waals surface area contributed by atoms with E-state index in [1.54, 1.807) is 0 Å². The maximum absolute atomic E-state index is 13.1. The molecule has 0 N–H and O–H groups in total. The average molecular weight is 426 g/mol. The van der Waals surface area contributed by atoms with Gasteiger partial charge in [-0.05, 0) is 43.7 Å². The molecular formula is C27H27N3O2. The standard InChI is InChI=1S/C27H27N3O2/c1-3-32-25-14-7-6-13-24(25)29-18-21(16-26(29)31)27-28-22-11-4-5-12-23(22)30(27)17-20-10-8-9-19(2)15-20/h4-15,21H,3,16-18H2,1-2H3/t21-/m0/s1. The van der Waals surface area contributed by atoms with Gasteiger partial charge < -0.3 is 14.2 Å². The highest BCUT2D eigenvalue weighted by atomic mass is 16.5. The summed E-state index contributed by atoms with van der Waals surface area (Å²) in [5, 5.41) is 0. The van der Waals surface area contributed by atoms with Gasteiger partial charge in [0.25, 0.3) is 0 Å². The lowest BCUT2D eigenvalue weighted by atomic mass is 10.1. The van der Waals surface area contributed by atoms with Crippen molar-refractivity contribution < 1.29 is 9.53 Å². The Morgan fingerprint density at radius 1 is 1.03 bits per heavy atom. The van der Waals surface area contributed by atoms with Gasteiger partial charge >= 0.3 is 0 Å². The highest BCUT2D eigenvalue weighted by Crippen LogP contribution is 2.37. The van der Waals surface area contributed by atoms with Crippen LogP contribution in [0.25, 0.3) is 11.0 Å². The highest BCUT2D eigenvalue weighted by Gasteiger charge is 2.36. The van der Waals surface area contributed by atoms with Gasteiger partial charge in [-0.25, -0.2) is 4.98 Å². The van der Waals surface area contributed by atoms with Crippen molar-refractivity contribution in [1.29, 1.82) is 0 Å². The van der Waals surface area contributed by atoms with Crippen LogP contribution >= 0.6 is 0 Å². The van der Waals surface area contributed by atoms with Crippen LogP contribution in [0.15, 0.2) is 72.8 Å². The topological polar surface area (TPSA) is 47.4 Å². The Labute approximate surface area is 188 Å². The molecular weight excluding hydrogens is 398 g/mol. The molecule has 0 spiro atoms. The predicted octanol–water partition coefficient (Wildman–Crippen LogP) is 5.31. The molecule has 2 heterocycles. The SMILES string of the molecule is CCOc1ccccc1N1C[C@@H](c2nc3ccccc3n2Cc2cccc(C)c2)CC1=O. The van der Waals surface area contributed by atoms with E-state index in [4.69, 9.17) is 9.72 Å². The first-order chi connectivity index (χ1) is 15.6. The fourth-order valence-corrected chi connectivity index (χ4v) is 4.64. The predicted molar refractivity (Wildman–Crippen MR) is 127 cm³/mol. The number of imidazole rings is 1. The maximum Gasteiger partial charge on any atom is 0.227 e. The molecule has 0 unspecified atom stereocenters. The maximum atomic E-state index is 13.1. The number of para-hydroxylation sites is 4. The van der Waals surface area contributed by atoms with Gasteiger partial charge in [0, 0.05) is 25.4 Å². The van der Waals surface area contributed by atoms with E-state index in [1.165, 1.54) is 11.1 Å². The molecule has 1 aliphatic rings. The monoisotopic (exact) mass is 425 g/mol. The fraction of sp³-hybridized carbons (Fsp3) is 0.259. The van der Waals surface area contributed by atoms with Gasteiger partial charge in [-0.3, -0.25) is 4.79 Å². The van der Waals surface area contributed by atoms with E-state index in [1.807, 2.05) is 54.3 Å². The second kappa shape index (κ2) is 8.50. The first kappa shape index (κ1) is 20.3. The van der Waals surface area contributed by atoms with Crippen LogP contribution in [0.4, 0.5) is 5.69 Å². The van der Waals surface area contributed by atoms with Crippen molar-refractivity contribution >= 4 is 22.6 Å². The molecule has 162 valence electrons. The molecule has 0 saturated carbocycles. The fourth-order valence-electron chi connectivity index (χ4n) is 4.64. The smallest absolute Gasteiger partial charge is 0.227 e. The van der Waals surface area contributed by atoms with E-state index < -0.39 is 0 Å². The minimum atomic E-state index is 0.0226. The quantitative estimate of drug-likeness (QED) is 0.420. The van der Waals surface area contributed by atoms with E-state index in [0.29, 0.717) is 19.6 Å². The van der Waals surface area contributed by atoms with Gasteiger partial charge in [-0.1, -0.05) is 54.1 Å². The first-order valence-electron chi connectivity index (χ1n) is 11.2. The van der Waals surface area contributed by atoms with Crippen molar-refractivity contribution in [2.75, 3.05) is 18.1 Å².